The van der Waals surface area contributed by atoms with Gasteiger partial charge in [0.05, 0.1) is 0 Å². The van der Waals surface area contributed by atoms with Gasteiger partial charge < -0.3 is 8.23 Å². The molecule has 0 radical (unpaired) electrons. The predicted molar refractivity (Wildman–Crippen MR) is 82.5 cm³/mol. The maximum absolute atomic E-state index is 11.6. The average molecular weight is 382 g/mol. The van der Waals surface area contributed by atoms with Crippen LogP contribution in [0.1, 0.15) is 0 Å². The summed E-state index contributed by atoms with van der Waals surface area (Å²) in [6, 6.07) is 0. The molecule has 0 heterocycles. The summed E-state index contributed by atoms with van der Waals surface area (Å²) in [6.45, 7) is 7.47. The highest BCUT2D eigenvalue weighted by atomic mass is 35.5. The molecule has 19 heavy (non-hydrogen) atoms. The van der Waals surface area contributed by atoms with Crippen LogP contribution in [0.15, 0.2) is 0 Å². The third kappa shape index (κ3) is 5.38. The summed E-state index contributed by atoms with van der Waals surface area (Å²) in [5.41, 5.74) is 0. The van der Waals surface area contributed by atoms with Crippen LogP contribution in [-0.4, -0.2) is 39.8 Å². The van der Waals surface area contributed by atoms with Gasteiger partial charge in [0.1, 0.15) is 0 Å². The third-order valence-electron chi connectivity index (χ3n) is 2.20. The molecule has 0 bridgehead atoms. The molecule has 0 saturated heterocycles. The zero-order valence-electron chi connectivity index (χ0n) is 11.2. The Morgan fingerprint density at radius 3 is 1.11 bits per heavy atom. The van der Waals surface area contributed by atoms with Crippen molar-refractivity contribution >= 4 is 74.6 Å². The Bertz CT molecular complexity index is 384. The van der Waals surface area contributed by atoms with Crippen molar-refractivity contribution in [3.63, 3.8) is 0 Å². The second-order valence-electron chi connectivity index (χ2n) is 4.99. The van der Waals surface area contributed by atoms with E-state index in [1.165, 1.54) is 32.7 Å². The summed E-state index contributed by atoms with van der Waals surface area (Å²) < 4.78 is 11.1. The predicted octanol–water partition coefficient (Wildman–Crippen LogP) is 4.32. The van der Waals surface area contributed by atoms with E-state index in [1.807, 2.05) is 0 Å². The zero-order valence-corrected chi connectivity index (χ0v) is 16.4. The fraction of sp³-hybridized carbons (Fsp3) is 0.625. The molecule has 0 saturated carbocycles. The molecule has 0 aliphatic heterocycles. The lowest BCUT2D eigenvalue weighted by molar-refractivity contribution is 0.258. The number of halogens is 3. The zero-order chi connectivity index (χ0) is 15.6. The monoisotopic (exact) mass is 380 g/mol. The molecule has 0 amide bonds. The molecule has 0 N–H and O–H groups in total. The first kappa shape index (κ1) is 19.5. The highest BCUT2D eigenvalue weighted by Gasteiger charge is 2.52. The van der Waals surface area contributed by atoms with E-state index in [9.17, 15) is 14.4 Å². The van der Waals surface area contributed by atoms with Crippen molar-refractivity contribution in [3.05, 3.63) is 0 Å². The molecule has 0 aromatic heterocycles. The van der Waals surface area contributed by atoms with E-state index < -0.39 is 39.8 Å². The normalized spacial score (nSPS) is 13.3. The summed E-state index contributed by atoms with van der Waals surface area (Å²) in [7, 11) is -9.56. The first-order valence-electron chi connectivity index (χ1n) is 5.25. The molecule has 11 heteroatoms. The van der Waals surface area contributed by atoms with E-state index in [1.54, 1.807) is 0 Å². The smallest absolute Gasteiger partial charge is 0.407 e. The van der Waals surface area contributed by atoms with E-state index in [0.29, 0.717) is 0 Å². The summed E-state index contributed by atoms with van der Waals surface area (Å²) in [5.74, 6) is 0. The van der Waals surface area contributed by atoms with E-state index in [0.717, 1.165) is 0 Å². The van der Waals surface area contributed by atoms with Gasteiger partial charge in [0, 0.05) is 0 Å². The first-order valence-corrected chi connectivity index (χ1v) is 14.5. The molecule has 0 aliphatic carbocycles. The van der Waals surface area contributed by atoms with Crippen LogP contribution < -0.4 is 0 Å². The van der Waals surface area contributed by atoms with Crippen LogP contribution in [0, 0.1) is 0 Å². The van der Waals surface area contributed by atoms with Crippen molar-refractivity contribution in [1.82, 2.24) is 0 Å². The molecular weight excluding hydrogens is 367 g/mol. The van der Waals surface area contributed by atoms with E-state index in [-0.39, 0.29) is 0 Å². The number of carbonyl (C=O) groups is 3. The van der Waals surface area contributed by atoms with Crippen LogP contribution >= 0.6 is 34.8 Å². The minimum atomic E-state index is -3.58. The van der Waals surface area contributed by atoms with Gasteiger partial charge >= 0.3 is 8.56 Å². The van der Waals surface area contributed by atoms with Gasteiger partial charge in [0.2, 0.25) is 9.73 Å². The highest BCUT2D eigenvalue weighted by Crippen LogP contribution is 2.26. The topological polar surface area (TPSA) is 69.7 Å². The van der Waals surface area contributed by atoms with Gasteiger partial charge in [-0.3, -0.25) is 14.4 Å². The van der Waals surface area contributed by atoms with Crippen LogP contribution in [0.2, 0.25) is 32.7 Å². The quantitative estimate of drug-likeness (QED) is 0.485. The second kappa shape index (κ2) is 6.48. The number of hydrogen-bond donors (Lipinski definition) is 0. The Balaban J connectivity index is 5.36. The third-order valence-corrected chi connectivity index (χ3v) is 15.8. The molecule has 0 aromatic carbocycles. The van der Waals surface area contributed by atoms with Gasteiger partial charge in [0.25, 0.3) is 21.5 Å². The first-order chi connectivity index (χ1) is 8.24. The van der Waals surface area contributed by atoms with Crippen molar-refractivity contribution in [3.8, 4) is 0 Å². The van der Waals surface area contributed by atoms with Gasteiger partial charge in [0.15, 0.2) is 0 Å². The van der Waals surface area contributed by atoms with Crippen molar-refractivity contribution < 1.29 is 22.6 Å². The molecule has 0 fully saturated rings. The standard InChI is InChI=1S/C8H15Cl3O5Si3/c1-17(2,6(9)12)15-19(5,8(11)14)16-18(3,4)7(10)13/h1-5H3. The second-order valence-corrected chi connectivity index (χ2v) is 17.9. The Hall–Kier alpha value is 0.451. The fourth-order valence-corrected chi connectivity index (χ4v) is 12.2. The molecule has 5 nitrogen and oxygen atoms in total. The van der Waals surface area contributed by atoms with Crippen molar-refractivity contribution in [1.29, 1.82) is 0 Å². The lowest BCUT2D eigenvalue weighted by atomic mass is 11.7. The maximum Gasteiger partial charge on any atom is 0.407 e. The van der Waals surface area contributed by atoms with Crippen LogP contribution in [0.25, 0.3) is 0 Å². The highest BCUT2D eigenvalue weighted by molar-refractivity contribution is 7.26. The van der Waals surface area contributed by atoms with Gasteiger partial charge in [-0.05, 0) is 67.5 Å². The van der Waals surface area contributed by atoms with Crippen LogP contribution in [0.4, 0.5) is 14.4 Å². The summed E-state index contributed by atoms with van der Waals surface area (Å²) in [6.07, 6.45) is 0. The Morgan fingerprint density at radius 1 is 0.684 bits per heavy atom. The minimum Gasteiger partial charge on any atom is -0.424 e. The number of carbonyl (C=O) groups excluding carboxylic acids is 3. The SMILES string of the molecule is C[Si](C)(O[Si](C)(O[Si](C)(C)C(=O)Cl)C(=O)Cl)C(=O)Cl. The molecular formula is C8H15Cl3O5Si3. The number of rotatable bonds is 7. The van der Waals surface area contributed by atoms with Gasteiger partial charge in [-0.2, -0.15) is 0 Å². The molecule has 0 spiro atoms. The van der Waals surface area contributed by atoms with Gasteiger partial charge in [-0.15, -0.1) is 0 Å². The summed E-state index contributed by atoms with van der Waals surface area (Å²) >= 11 is 16.4. The van der Waals surface area contributed by atoms with Crippen LogP contribution in [0.3, 0.4) is 0 Å². The molecule has 0 unspecified atom stereocenters. The van der Waals surface area contributed by atoms with E-state index in [4.69, 9.17) is 43.0 Å². The Labute approximate surface area is 130 Å². The lowest BCUT2D eigenvalue weighted by Gasteiger charge is -2.35. The summed E-state index contributed by atoms with van der Waals surface area (Å²) in [4.78, 5) is 32.0. The number of hydrogen-bond acceptors (Lipinski definition) is 5. The fourth-order valence-electron chi connectivity index (χ4n) is 1.16. The molecule has 0 rings (SSSR count). The van der Waals surface area contributed by atoms with Crippen molar-refractivity contribution in [2.45, 2.75) is 32.7 Å². The molecule has 0 aromatic rings. The Kier molecular flexibility index (Phi) is 6.63. The molecule has 110 valence electrons. The average Bonchev–Trinajstić information content (AvgIpc) is 2.14. The van der Waals surface area contributed by atoms with Crippen molar-refractivity contribution in [2.75, 3.05) is 0 Å². The van der Waals surface area contributed by atoms with E-state index >= 15 is 0 Å². The van der Waals surface area contributed by atoms with Crippen LogP contribution in [0.5, 0.6) is 0 Å². The van der Waals surface area contributed by atoms with Gasteiger partial charge in [-0.25, -0.2) is 0 Å². The van der Waals surface area contributed by atoms with Crippen LogP contribution in [-0.2, 0) is 8.23 Å². The minimum absolute atomic E-state index is 0.663. The maximum atomic E-state index is 11.6. The van der Waals surface area contributed by atoms with Gasteiger partial charge in [-0.1, -0.05) is 0 Å². The van der Waals surface area contributed by atoms with E-state index in [2.05, 4.69) is 0 Å². The molecule has 0 aliphatic rings. The summed E-state index contributed by atoms with van der Waals surface area (Å²) in [5, 5.41) is 0. The van der Waals surface area contributed by atoms with Crippen molar-refractivity contribution in [2.24, 2.45) is 0 Å². The molecule has 0 atom stereocenters. The Morgan fingerprint density at radius 2 is 0.947 bits per heavy atom. The largest absolute Gasteiger partial charge is 0.424 e. The lowest BCUT2D eigenvalue weighted by Crippen LogP contribution is -2.60.